The van der Waals surface area contributed by atoms with Crippen LogP contribution in [-0.2, 0) is 11.3 Å². The SMILES string of the molecule is CNC(=O)c1cc(COC(=O)Oc2ccc([N+](=O)[O-])cc2)on1. The summed E-state index contributed by atoms with van der Waals surface area (Å²) in [5, 5.41) is 16.3. The van der Waals surface area contributed by atoms with Gasteiger partial charge in [-0.15, -0.1) is 0 Å². The Morgan fingerprint density at radius 3 is 2.65 bits per heavy atom. The number of rotatable bonds is 5. The first-order valence-electron chi connectivity index (χ1n) is 6.26. The number of non-ortho nitro benzene ring substituents is 1. The molecule has 0 radical (unpaired) electrons. The van der Waals surface area contributed by atoms with Gasteiger partial charge in [0.15, 0.2) is 18.1 Å². The number of nitrogens with zero attached hydrogens (tertiary/aromatic N) is 2. The third-order valence-electron chi connectivity index (χ3n) is 2.60. The average Bonchev–Trinajstić information content (AvgIpc) is 3.01. The van der Waals surface area contributed by atoms with E-state index in [0.717, 1.165) is 0 Å². The fourth-order valence-electron chi connectivity index (χ4n) is 1.51. The average molecular weight is 321 g/mol. The summed E-state index contributed by atoms with van der Waals surface area (Å²) >= 11 is 0. The number of amides is 1. The van der Waals surface area contributed by atoms with Crippen molar-refractivity contribution in [3.8, 4) is 5.75 Å². The number of hydrogen-bond donors (Lipinski definition) is 1. The molecule has 10 heteroatoms. The first-order valence-corrected chi connectivity index (χ1v) is 6.26. The molecule has 1 amide bonds. The van der Waals surface area contributed by atoms with Crippen LogP contribution in [0.2, 0.25) is 0 Å². The number of nitro groups is 1. The third kappa shape index (κ3) is 4.27. The van der Waals surface area contributed by atoms with E-state index in [1.165, 1.54) is 37.4 Å². The lowest BCUT2D eigenvalue weighted by molar-refractivity contribution is -0.384. The van der Waals surface area contributed by atoms with E-state index in [-0.39, 0.29) is 29.5 Å². The highest BCUT2D eigenvalue weighted by Gasteiger charge is 2.14. The van der Waals surface area contributed by atoms with Crippen LogP contribution in [0.4, 0.5) is 10.5 Å². The molecule has 10 nitrogen and oxygen atoms in total. The van der Waals surface area contributed by atoms with Gasteiger partial charge in [-0.25, -0.2) is 4.79 Å². The first kappa shape index (κ1) is 15.9. The third-order valence-corrected chi connectivity index (χ3v) is 2.60. The molecule has 0 spiro atoms. The number of nitrogens with one attached hydrogen (secondary N) is 1. The maximum atomic E-state index is 11.5. The number of nitro benzene ring substituents is 1. The van der Waals surface area contributed by atoms with Crippen molar-refractivity contribution in [3.63, 3.8) is 0 Å². The summed E-state index contributed by atoms with van der Waals surface area (Å²) in [6.45, 7) is -0.282. The normalized spacial score (nSPS) is 9.96. The van der Waals surface area contributed by atoms with Gasteiger partial charge in [0.25, 0.3) is 11.6 Å². The number of ether oxygens (including phenoxy) is 2. The molecular weight excluding hydrogens is 310 g/mol. The zero-order chi connectivity index (χ0) is 16.8. The van der Waals surface area contributed by atoms with Crippen molar-refractivity contribution < 1.29 is 28.5 Å². The highest BCUT2D eigenvalue weighted by molar-refractivity contribution is 5.91. The van der Waals surface area contributed by atoms with Crippen LogP contribution in [0.15, 0.2) is 34.9 Å². The highest BCUT2D eigenvalue weighted by Crippen LogP contribution is 2.18. The summed E-state index contributed by atoms with van der Waals surface area (Å²) in [5.74, 6) is -0.193. The number of hydrogen-bond acceptors (Lipinski definition) is 8. The molecule has 1 heterocycles. The van der Waals surface area contributed by atoms with Gasteiger partial charge in [0.1, 0.15) is 5.75 Å². The van der Waals surface area contributed by atoms with E-state index in [1.54, 1.807) is 0 Å². The van der Waals surface area contributed by atoms with E-state index in [0.29, 0.717) is 0 Å². The van der Waals surface area contributed by atoms with Gasteiger partial charge >= 0.3 is 6.16 Å². The Morgan fingerprint density at radius 1 is 1.35 bits per heavy atom. The molecule has 2 aromatic rings. The lowest BCUT2D eigenvalue weighted by atomic mass is 10.3. The quantitative estimate of drug-likeness (QED) is 0.380. The minimum atomic E-state index is -1.03. The van der Waals surface area contributed by atoms with Gasteiger partial charge < -0.3 is 19.3 Å². The smallest absolute Gasteiger partial charge is 0.426 e. The van der Waals surface area contributed by atoms with E-state index in [9.17, 15) is 19.7 Å². The van der Waals surface area contributed by atoms with Crippen LogP contribution in [0, 0.1) is 10.1 Å². The zero-order valence-electron chi connectivity index (χ0n) is 11.8. The van der Waals surface area contributed by atoms with E-state index < -0.39 is 17.0 Å². The number of carbonyl (C=O) groups is 2. The minimum absolute atomic E-state index is 0.0508. The van der Waals surface area contributed by atoms with Crippen molar-refractivity contribution in [1.29, 1.82) is 0 Å². The topological polar surface area (TPSA) is 134 Å². The van der Waals surface area contributed by atoms with E-state index in [4.69, 9.17) is 14.0 Å². The summed E-state index contributed by atoms with van der Waals surface area (Å²) in [5.41, 5.74) is -0.0797. The van der Waals surface area contributed by atoms with Crippen molar-refractivity contribution in [3.05, 3.63) is 51.9 Å². The number of aromatic nitrogens is 1. The van der Waals surface area contributed by atoms with Crippen LogP contribution in [0.3, 0.4) is 0 Å². The van der Waals surface area contributed by atoms with Crippen LogP contribution >= 0.6 is 0 Å². The predicted molar refractivity (Wildman–Crippen MR) is 73.8 cm³/mol. The van der Waals surface area contributed by atoms with E-state index >= 15 is 0 Å². The van der Waals surface area contributed by atoms with Gasteiger partial charge in [-0.3, -0.25) is 14.9 Å². The molecule has 1 aromatic heterocycles. The minimum Gasteiger partial charge on any atom is -0.426 e. The number of carbonyl (C=O) groups excluding carboxylic acids is 2. The molecule has 120 valence electrons. The van der Waals surface area contributed by atoms with Crippen LogP contribution in [0.25, 0.3) is 0 Å². The lowest BCUT2D eigenvalue weighted by Crippen LogP contribution is -2.17. The zero-order valence-corrected chi connectivity index (χ0v) is 11.8. The molecule has 0 atom stereocenters. The Labute approximate surface area is 129 Å². The van der Waals surface area contributed by atoms with Crippen LogP contribution in [0.5, 0.6) is 5.75 Å². The van der Waals surface area contributed by atoms with E-state index in [2.05, 4.69) is 10.5 Å². The van der Waals surface area contributed by atoms with Crippen molar-refractivity contribution in [2.45, 2.75) is 6.61 Å². The summed E-state index contributed by atoms with van der Waals surface area (Å²) in [6.07, 6.45) is -1.03. The fraction of sp³-hybridized carbons (Fsp3) is 0.154. The van der Waals surface area contributed by atoms with Gasteiger partial charge in [0.05, 0.1) is 4.92 Å². The van der Waals surface area contributed by atoms with Crippen molar-refractivity contribution in [2.75, 3.05) is 7.05 Å². The largest absolute Gasteiger partial charge is 0.514 e. The van der Waals surface area contributed by atoms with E-state index in [1.807, 2.05) is 0 Å². The standard InChI is InChI=1S/C13H11N3O7/c1-14-12(17)11-6-10(23-15-11)7-21-13(18)22-9-4-2-8(3-5-9)16(19)20/h2-6H,7H2,1H3,(H,14,17). The van der Waals surface area contributed by atoms with Crippen molar-refractivity contribution in [1.82, 2.24) is 10.5 Å². The lowest BCUT2D eigenvalue weighted by Gasteiger charge is -2.03. The molecule has 0 fully saturated rings. The summed E-state index contributed by atoms with van der Waals surface area (Å²) in [6, 6.07) is 6.22. The van der Waals surface area contributed by atoms with Crippen LogP contribution in [-0.4, -0.2) is 29.2 Å². The Morgan fingerprint density at radius 2 is 2.04 bits per heavy atom. The predicted octanol–water partition coefficient (Wildman–Crippen LogP) is 1.66. The molecule has 0 saturated heterocycles. The highest BCUT2D eigenvalue weighted by atomic mass is 16.7. The van der Waals surface area contributed by atoms with Gasteiger partial charge in [0, 0.05) is 25.2 Å². The van der Waals surface area contributed by atoms with Gasteiger partial charge in [-0.05, 0) is 12.1 Å². The second-order valence-electron chi connectivity index (χ2n) is 4.15. The van der Waals surface area contributed by atoms with Crippen LogP contribution in [0.1, 0.15) is 16.2 Å². The second-order valence-corrected chi connectivity index (χ2v) is 4.15. The molecular formula is C13H11N3O7. The first-order chi connectivity index (χ1) is 11.0. The Hall–Kier alpha value is -3.43. The molecule has 0 aliphatic heterocycles. The molecule has 23 heavy (non-hydrogen) atoms. The Balaban J connectivity index is 1.86. The molecule has 0 saturated carbocycles. The Bertz CT molecular complexity index is 723. The van der Waals surface area contributed by atoms with Gasteiger partial charge in [0.2, 0.25) is 0 Å². The van der Waals surface area contributed by atoms with Crippen molar-refractivity contribution >= 4 is 17.7 Å². The molecule has 1 aromatic carbocycles. The Kier molecular flexibility index (Phi) is 4.87. The summed E-state index contributed by atoms with van der Waals surface area (Å²) in [4.78, 5) is 32.7. The molecule has 0 aliphatic carbocycles. The van der Waals surface area contributed by atoms with Gasteiger partial charge in [-0.2, -0.15) is 0 Å². The van der Waals surface area contributed by atoms with Gasteiger partial charge in [-0.1, -0.05) is 5.16 Å². The second kappa shape index (κ2) is 7.02. The summed E-state index contributed by atoms with van der Waals surface area (Å²) < 4.78 is 14.4. The van der Waals surface area contributed by atoms with Crippen molar-refractivity contribution in [2.24, 2.45) is 0 Å². The molecule has 0 unspecified atom stereocenters. The fourth-order valence-corrected chi connectivity index (χ4v) is 1.51. The molecule has 0 aliphatic rings. The maximum absolute atomic E-state index is 11.5. The molecule has 2 rings (SSSR count). The molecule has 0 bridgehead atoms. The maximum Gasteiger partial charge on any atom is 0.514 e. The number of benzene rings is 1. The van der Waals surface area contributed by atoms with Crippen LogP contribution < -0.4 is 10.1 Å². The molecule has 1 N–H and O–H groups in total. The summed E-state index contributed by atoms with van der Waals surface area (Å²) in [7, 11) is 1.44. The monoisotopic (exact) mass is 321 g/mol.